The van der Waals surface area contributed by atoms with Crippen LogP contribution in [-0.4, -0.2) is 16.8 Å². The van der Waals surface area contributed by atoms with Crippen molar-refractivity contribution in [2.75, 3.05) is 5.32 Å². The van der Waals surface area contributed by atoms with Crippen molar-refractivity contribution in [3.63, 3.8) is 0 Å². The topological polar surface area (TPSA) is 66.4 Å². The second-order valence-corrected chi connectivity index (χ2v) is 7.20. The van der Waals surface area contributed by atoms with Gasteiger partial charge in [0, 0.05) is 10.4 Å². The van der Waals surface area contributed by atoms with Crippen LogP contribution in [0.1, 0.15) is 27.4 Å². The molecule has 2 heterocycles. The van der Waals surface area contributed by atoms with Gasteiger partial charge in [0.15, 0.2) is 17.3 Å². The van der Waals surface area contributed by atoms with Crippen molar-refractivity contribution in [2.45, 2.75) is 12.8 Å². The molecule has 0 bridgehead atoms. The van der Waals surface area contributed by atoms with Crippen LogP contribution >= 0.6 is 11.3 Å². The summed E-state index contributed by atoms with van der Waals surface area (Å²) in [6, 6.07) is 13.6. The smallest absolute Gasteiger partial charge is 0.240 e. The lowest BCUT2D eigenvalue weighted by molar-refractivity contribution is -0.116. The third-order valence-corrected chi connectivity index (χ3v) is 5.55. The van der Waals surface area contributed by atoms with E-state index < -0.39 is 17.5 Å². The van der Waals surface area contributed by atoms with E-state index in [0.29, 0.717) is 32.1 Å². The second kappa shape index (κ2) is 6.07. The average molecular weight is 367 g/mol. The Hall–Kier alpha value is -2.99. The highest BCUT2D eigenvalue weighted by atomic mass is 32.1. The van der Waals surface area contributed by atoms with Crippen molar-refractivity contribution in [3.05, 3.63) is 71.0 Å². The molecule has 0 saturated carbocycles. The lowest BCUT2D eigenvalue weighted by Gasteiger charge is -2.20. The first-order valence-electron chi connectivity index (χ1n) is 7.99. The summed E-state index contributed by atoms with van der Waals surface area (Å²) < 4.78 is 14.0. The summed E-state index contributed by atoms with van der Waals surface area (Å²) in [5, 5.41) is 13.3. The van der Waals surface area contributed by atoms with Gasteiger partial charge in [-0.05, 0) is 30.2 Å². The van der Waals surface area contributed by atoms with E-state index in [0.717, 1.165) is 11.3 Å². The number of halogens is 1. The van der Waals surface area contributed by atoms with E-state index in [-0.39, 0.29) is 11.7 Å². The maximum atomic E-state index is 14.0. The Morgan fingerprint density at radius 1 is 1.08 bits per heavy atom. The van der Waals surface area contributed by atoms with Crippen LogP contribution in [0.4, 0.5) is 9.39 Å². The molecule has 0 saturated heterocycles. The Balaban J connectivity index is 1.79. The Bertz CT molecular complexity index is 1040. The first-order valence-corrected chi connectivity index (χ1v) is 8.81. The average Bonchev–Trinajstić information content (AvgIpc) is 3.04. The standard InChI is InChI=1S/C20H14FNO3S/c1-10-7-8-12(18(24)16(10)21)14-9-13-17(23)15(11-5-3-2-4-6-11)19(25)22-20(13)26-14/h2-9,15,24H,1H3,(H,22,25). The van der Waals surface area contributed by atoms with Crippen LogP contribution < -0.4 is 5.32 Å². The monoisotopic (exact) mass is 367 g/mol. The van der Waals surface area contributed by atoms with E-state index in [1.165, 1.54) is 0 Å². The van der Waals surface area contributed by atoms with E-state index in [1.54, 1.807) is 49.4 Å². The highest BCUT2D eigenvalue weighted by Crippen LogP contribution is 2.44. The molecule has 1 amide bonds. The number of amides is 1. The zero-order chi connectivity index (χ0) is 18.4. The molecular formula is C20H14FNO3S. The van der Waals surface area contributed by atoms with E-state index in [2.05, 4.69) is 5.32 Å². The van der Waals surface area contributed by atoms with Crippen molar-refractivity contribution in [1.29, 1.82) is 0 Å². The maximum Gasteiger partial charge on any atom is 0.240 e. The van der Waals surface area contributed by atoms with Gasteiger partial charge in [-0.3, -0.25) is 9.59 Å². The molecule has 1 aliphatic rings. The number of hydrogen-bond acceptors (Lipinski definition) is 4. The van der Waals surface area contributed by atoms with Gasteiger partial charge < -0.3 is 10.4 Å². The van der Waals surface area contributed by atoms with Crippen LogP contribution in [0.25, 0.3) is 10.4 Å². The summed E-state index contributed by atoms with van der Waals surface area (Å²) in [6.07, 6.45) is 0. The van der Waals surface area contributed by atoms with Crippen LogP contribution in [0.2, 0.25) is 0 Å². The number of benzene rings is 2. The fraction of sp³-hybridized carbons (Fsp3) is 0.100. The van der Waals surface area contributed by atoms with Crippen molar-refractivity contribution < 1.29 is 19.1 Å². The molecular weight excluding hydrogens is 353 g/mol. The van der Waals surface area contributed by atoms with Crippen LogP contribution in [-0.2, 0) is 4.79 Å². The first kappa shape index (κ1) is 16.5. The van der Waals surface area contributed by atoms with Crippen LogP contribution in [0.5, 0.6) is 5.75 Å². The molecule has 130 valence electrons. The Morgan fingerprint density at radius 2 is 1.81 bits per heavy atom. The van der Waals surface area contributed by atoms with Gasteiger partial charge in [-0.15, -0.1) is 11.3 Å². The molecule has 3 aromatic rings. The zero-order valence-electron chi connectivity index (χ0n) is 13.7. The van der Waals surface area contributed by atoms with Gasteiger partial charge in [-0.2, -0.15) is 0 Å². The summed E-state index contributed by atoms with van der Waals surface area (Å²) >= 11 is 1.14. The van der Waals surface area contributed by atoms with Crippen molar-refractivity contribution >= 4 is 28.0 Å². The van der Waals surface area contributed by atoms with Gasteiger partial charge in [-0.1, -0.05) is 36.4 Å². The molecule has 1 aromatic heterocycles. The van der Waals surface area contributed by atoms with Crippen molar-refractivity contribution in [2.24, 2.45) is 0 Å². The van der Waals surface area contributed by atoms with E-state index in [4.69, 9.17) is 0 Å². The Labute approximate surface area is 152 Å². The van der Waals surface area contributed by atoms with Crippen molar-refractivity contribution in [1.82, 2.24) is 0 Å². The molecule has 2 aromatic carbocycles. The number of rotatable bonds is 2. The first-order chi connectivity index (χ1) is 12.5. The van der Waals surface area contributed by atoms with E-state index in [1.807, 2.05) is 6.07 Å². The summed E-state index contributed by atoms with van der Waals surface area (Å²) in [6.45, 7) is 1.56. The molecule has 0 fully saturated rings. The number of phenols is 1. The van der Waals surface area contributed by atoms with E-state index >= 15 is 0 Å². The molecule has 6 heteroatoms. The third kappa shape index (κ3) is 2.50. The minimum Gasteiger partial charge on any atom is -0.504 e. The number of ketones is 1. The molecule has 1 unspecified atom stereocenters. The van der Waals surface area contributed by atoms with Gasteiger partial charge in [0.1, 0.15) is 10.9 Å². The number of nitrogens with one attached hydrogen (secondary N) is 1. The highest BCUT2D eigenvalue weighted by molar-refractivity contribution is 7.20. The summed E-state index contributed by atoms with van der Waals surface area (Å²) in [7, 11) is 0. The minimum atomic E-state index is -0.908. The van der Waals surface area contributed by atoms with Crippen molar-refractivity contribution in [3.8, 4) is 16.2 Å². The summed E-state index contributed by atoms with van der Waals surface area (Å²) in [5.41, 5.74) is 1.63. The van der Waals surface area contributed by atoms with Gasteiger partial charge in [-0.25, -0.2) is 4.39 Å². The number of Topliss-reactive ketones (excluding diaryl/α,β-unsaturated/α-hetero) is 1. The van der Waals surface area contributed by atoms with Crippen LogP contribution in [0.3, 0.4) is 0 Å². The number of phenolic OH excluding ortho intramolecular Hbond substituents is 1. The predicted octanol–water partition coefficient (Wildman–Crippen LogP) is 4.49. The Kier molecular flexibility index (Phi) is 3.85. The number of carbonyl (C=O) groups is 2. The normalized spacial score (nSPS) is 16.3. The highest BCUT2D eigenvalue weighted by Gasteiger charge is 2.37. The molecule has 1 aliphatic heterocycles. The number of aryl methyl sites for hydroxylation is 1. The van der Waals surface area contributed by atoms with Gasteiger partial charge >= 0.3 is 0 Å². The molecule has 26 heavy (non-hydrogen) atoms. The van der Waals surface area contributed by atoms with Gasteiger partial charge in [0.2, 0.25) is 5.91 Å². The van der Waals surface area contributed by atoms with E-state index in [9.17, 15) is 19.1 Å². The number of hydrogen-bond donors (Lipinski definition) is 2. The zero-order valence-corrected chi connectivity index (χ0v) is 14.6. The fourth-order valence-corrected chi connectivity index (χ4v) is 4.16. The minimum absolute atomic E-state index is 0.297. The molecule has 2 N–H and O–H groups in total. The molecule has 0 aliphatic carbocycles. The lowest BCUT2D eigenvalue weighted by Crippen LogP contribution is -2.32. The van der Waals surface area contributed by atoms with Crippen LogP contribution in [0.15, 0.2) is 48.5 Å². The summed E-state index contributed by atoms with van der Waals surface area (Å²) in [5.74, 6) is -2.74. The molecule has 4 rings (SSSR count). The van der Waals surface area contributed by atoms with Gasteiger partial charge in [0.05, 0.1) is 5.56 Å². The summed E-state index contributed by atoms with van der Waals surface area (Å²) in [4.78, 5) is 25.9. The molecule has 0 radical (unpaired) electrons. The van der Waals surface area contributed by atoms with Gasteiger partial charge in [0.25, 0.3) is 0 Å². The molecule has 0 spiro atoms. The number of aromatic hydroxyl groups is 1. The Morgan fingerprint density at radius 3 is 2.54 bits per heavy atom. The number of thiophene rings is 1. The number of fused-ring (bicyclic) bond motifs is 1. The molecule has 1 atom stereocenters. The maximum absolute atomic E-state index is 14.0. The largest absolute Gasteiger partial charge is 0.504 e. The fourth-order valence-electron chi connectivity index (χ4n) is 3.07. The second-order valence-electron chi connectivity index (χ2n) is 6.14. The lowest BCUT2D eigenvalue weighted by atomic mass is 9.88. The third-order valence-electron chi connectivity index (χ3n) is 4.47. The predicted molar refractivity (Wildman–Crippen MR) is 98.3 cm³/mol. The SMILES string of the molecule is Cc1ccc(-c2cc3c(s2)NC(=O)C(c2ccccc2)C3=O)c(O)c1F. The molecule has 4 nitrogen and oxygen atoms in total. The number of anilines is 1. The number of carbonyl (C=O) groups excluding carboxylic acids is 2. The quantitative estimate of drug-likeness (QED) is 0.656. The van der Waals surface area contributed by atoms with Crippen LogP contribution in [0, 0.1) is 12.7 Å².